The van der Waals surface area contributed by atoms with E-state index in [0.29, 0.717) is 6.54 Å². The highest BCUT2D eigenvalue weighted by atomic mass is 15.3. The van der Waals surface area contributed by atoms with Crippen LogP contribution >= 0.6 is 0 Å². The van der Waals surface area contributed by atoms with Crippen molar-refractivity contribution in [2.75, 3.05) is 11.9 Å². The van der Waals surface area contributed by atoms with Gasteiger partial charge in [0.25, 0.3) is 0 Å². The Hall–Kier alpha value is -2.44. The van der Waals surface area contributed by atoms with E-state index in [1.165, 1.54) is 0 Å². The van der Waals surface area contributed by atoms with Gasteiger partial charge in [0.2, 0.25) is 0 Å². The minimum absolute atomic E-state index is 0.685. The molecule has 0 aliphatic rings. The van der Waals surface area contributed by atoms with Crippen LogP contribution in [-0.2, 0) is 20.6 Å². The van der Waals surface area contributed by atoms with Crippen LogP contribution in [0, 0.1) is 0 Å². The number of aryl methyl sites for hydroxylation is 2. The van der Waals surface area contributed by atoms with E-state index in [0.717, 1.165) is 22.7 Å². The minimum atomic E-state index is 0.685. The first-order valence-corrected chi connectivity index (χ1v) is 5.97. The number of imidazole rings is 1. The number of hydrogen-bond donors (Lipinski definition) is 0. The monoisotopic (exact) mass is 257 g/mol. The summed E-state index contributed by atoms with van der Waals surface area (Å²) in [5.41, 5.74) is 0.830. The molecule has 3 rings (SSSR count). The lowest BCUT2D eigenvalue weighted by atomic mass is 10.3. The third-order valence-corrected chi connectivity index (χ3v) is 3.17. The first kappa shape index (κ1) is 11.6. The minimum Gasteiger partial charge on any atom is -0.351 e. The van der Waals surface area contributed by atoms with Crippen LogP contribution in [0.3, 0.4) is 0 Å². The average molecular weight is 257 g/mol. The van der Waals surface area contributed by atoms with Crippen molar-refractivity contribution < 1.29 is 0 Å². The SMILES string of the molecule is CN(Cc1nccn1C)c1ncnc2c1cnn2C. The third kappa shape index (κ3) is 1.92. The summed E-state index contributed by atoms with van der Waals surface area (Å²) >= 11 is 0. The van der Waals surface area contributed by atoms with Crippen molar-refractivity contribution in [3.63, 3.8) is 0 Å². The summed E-state index contributed by atoms with van der Waals surface area (Å²) in [6, 6.07) is 0. The number of rotatable bonds is 3. The Kier molecular flexibility index (Phi) is 2.66. The molecule has 0 atom stereocenters. The molecule has 0 aliphatic heterocycles. The Morgan fingerprint density at radius 1 is 1.21 bits per heavy atom. The molecule has 7 nitrogen and oxygen atoms in total. The second kappa shape index (κ2) is 4.34. The maximum atomic E-state index is 4.35. The maximum absolute atomic E-state index is 4.35. The fourth-order valence-corrected chi connectivity index (χ4v) is 2.09. The molecule has 0 saturated heterocycles. The van der Waals surface area contributed by atoms with E-state index in [4.69, 9.17) is 0 Å². The summed E-state index contributed by atoms with van der Waals surface area (Å²) in [7, 11) is 5.84. The molecular weight excluding hydrogens is 242 g/mol. The molecule has 0 amide bonds. The Morgan fingerprint density at radius 3 is 2.79 bits per heavy atom. The van der Waals surface area contributed by atoms with Crippen LogP contribution in [0.1, 0.15) is 5.82 Å². The molecule has 0 fully saturated rings. The van der Waals surface area contributed by atoms with Gasteiger partial charge in [-0.2, -0.15) is 5.10 Å². The van der Waals surface area contributed by atoms with Crippen molar-refractivity contribution in [3.8, 4) is 0 Å². The largest absolute Gasteiger partial charge is 0.351 e. The normalized spacial score (nSPS) is 11.1. The van der Waals surface area contributed by atoms with Crippen LogP contribution in [0.4, 0.5) is 5.82 Å². The molecule has 0 spiro atoms. The van der Waals surface area contributed by atoms with Crippen LogP contribution < -0.4 is 4.90 Å². The van der Waals surface area contributed by atoms with E-state index in [2.05, 4.69) is 20.1 Å². The predicted molar refractivity (Wildman–Crippen MR) is 71.6 cm³/mol. The molecule has 0 bridgehead atoms. The topological polar surface area (TPSA) is 64.7 Å². The summed E-state index contributed by atoms with van der Waals surface area (Å²) in [4.78, 5) is 15.0. The molecule has 3 heterocycles. The zero-order valence-electron chi connectivity index (χ0n) is 11.1. The van der Waals surface area contributed by atoms with E-state index in [1.54, 1.807) is 23.4 Å². The molecule has 0 N–H and O–H groups in total. The average Bonchev–Trinajstić information content (AvgIpc) is 2.97. The highest BCUT2D eigenvalue weighted by Crippen LogP contribution is 2.21. The molecule has 0 radical (unpaired) electrons. The van der Waals surface area contributed by atoms with Gasteiger partial charge in [-0.25, -0.2) is 15.0 Å². The van der Waals surface area contributed by atoms with Crippen molar-refractivity contribution in [3.05, 3.63) is 30.7 Å². The van der Waals surface area contributed by atoms with Gasteiger partial charge in [0.1, 0.15) is 18.0 Å². The second-order valence-corrected chi connectivity index (χ2v) is 4.51. The molecule has 3 aromatic rings. The van der Waals surface area contributed by atoms with Gasteiger partial charge < -0.3 is 9.47 Å². The molecule has 0 aliphatic carbocycles. The molecule has 3 aromatic heterocycles. The zero-order chi connectivity index (χ0) is 13.4. The van der Waals surface area contributed by atoms with E-state index < -0.39 is 0 Å². The number of nitrogens with zero attached hydrogens (tertiary/aromatic N) is 7. The Morgan fingerprint density at radius 2 is 2.05 bits per heavy atom. The lowest BCUT2D eigenvalue weighted by Crippen LogP contribution is -2.20. The first-order chi connectivity index (χ1) is 9.16. The summed E-state index contributed by atoms with van der Waals surface area (Å²) in [6.07, 6.45) is 7.08. The van der Waals surface area contributed by atoms with Gasteiger partial charge in [-0.3, -0.25) is 4.68 Å². The molecule has 7 heteroatoms. The molecular formula is C12H15N7. The van der Waals surface area contributed by atoms with Gasteiger partial charge in [-0.1, -0.05) is 0 Å². The second-order valence-electron chi connectivity index (χ2n) is 4.51. The quantitative estimate of drug-likeness (QED) is 0.692. The predicted octanol–water partition coefficient (Wildman–Crippen LogP) is 0.733. The smallest absolute Gasteiger partial charge is 0.163 e. The molecule has 0 unspecified atom stereocenters. The summed E-state index contributed by atoms with van der Waals surface area (Å²) < 4.78 is 3.74. The molecule has 0 aromatic carbocycles. The fraction of sp³-hybridized carbons (Fsp3) is 0.333. The number of hydrogen-bond acceptors (Lipinski definition) is 5. The van der Waals surface area contributed by atoms with E-state index in [9.17, 15) is 0 Å². The van der Waals surface area contributed by atoms with Gasteiger partial charge in [0.05, 0.1) is 18.1 Å². The van der Waals surface area contributed by atoms with Crippen LogP contribution in [0.5, 0.6) is 0 Å². The van der Waals surface area contributed by atoms with Crippen LogP contribution in [-0.4, -0.2) is 36.3 Å². The molecule has 0 saturated carbocycles. The highest BCUT2D eigenvalue weighted by Gasteiger charge is 2.13. The number of aromatic nitrogens is 6. The highest BCUT2D eigenvalue weighted by molar-refractivity contribution is 5.86. The van der Waals surface area contributed by atoms with E-state index in [1.807, 2.05) is 36.8 Å². The number of fused-ring (bicyclic) bond motifs is 1. The number of anilines is 1. The fourth-order valence-electron chi connectivity index (χ4n) is 2.09. The van der Waals surface area contributed by atoms with Gasteiger partial charge in [0.15, 0.2) is 5.65 Å². The third-order valence-electron chi connectivity index (χ3n) is 3.17. The van der Waals surface area contributed by atoms with Crippen LogP contribution in [0.15, 0.2) is 24.9 Å². The Bertz CT molecular complexity index is 712. The first-order valence-electron chi connectivity index (χ1n) is 5.97. The van der Waals surface area contributed by atoms with Crippen molar-refractivity contribution in [2.24, 2.45) is 14.1 Å². The van der Waals surface area contributed by atoms with Crippen molar-refractivity contribution in [1.29, 1.82) is 0 Å². The van der Waals surface area contributed by atoms with E-state index >= 15 is 0 Å². The van der Waals surface area contributed by atoms with Crippen molar-refractivity contribution in [1.82, 2.24) is 29.3 Å². The maximum Gasteiger partial charge on any atom is 0.163 e. The van der Waals surface area contributed by atoms with Gasteiger partial charge in [0, 0.05) is 33.5 Å². The summed E-state index contributed by atoms with van der Waals surface area (Å²) in [5.74, 6) is 1.85. The van der Waals surface area contributed by atoms with Gasteiger partial charge >= 0.3 is 0 Å². The van der Waals surface area contributed by atoms with Crippen LogP contribution in [0.25, 0.3) is 11.0 Å². The standard InChI is InChI=1S/C12H15N7/c1-17-5-4-13-10(17)7-18(2)11-9-6-16-19(3)12(9)15-8-14-11/h4-6,8H,7H2,1-3H3. The Balaban J connectivity index is 1.98. The van der Waals surface area contributed by atoms with Crippen molar-refractivity contribution >= 4 is 16.9 Å². The Labute approximate surface area is 110 Å². The van der Waals surface area contributed by atoms with Crippen molar-refractivity contribution in [2.45, 2.75) is 6.54 Å². The molecule has 19 heavy (non-hydrogen) atoms. The molecule has 98 valence electrons. The van der Waals surface area contributed by atoms with E-state index in [-0.39, 0.29) is 0 Å². The lowest BCUT2D eigenvalue weighted by Gasteiger charge is -2.18. The van der Waals surface area contributed by atoms with Gasteiger partial charge in [-0.05, 0) is 0 Å². The summed E-state index contributed by atoms with van der Waals surface area (Å²) in [5, 5.41) is 5.17. The van der Waals surface area contributed by atoms with Crippen LogP contribution in [0.2, 0.25) is 0 Å². The zero-order valence-corrected chi connectivity index (χ0v) is 11.1. The summed E-state index contributed by atoms with van der Waals surface area (Å²) in [6.45, 7) is 0.685. The van der Waals surface area contributed by atoms with Gasteiger partial charge in [-0.15, -0.1) is 0 Å². The lowest BCUT2D eigenvalue weighted by molar-refractivity contribution is 0.756.